The first kappa shape index (κ1) is 22.3. The van der Waals surface area contributed by atoms with E-state index < -0.39 is 0 Å². The number of hydrogen-bond acceptors (Lipinski definition) is 2. The first-order valence-electron chi connectivity index (χ1n) is 7.88. The van der Waals surface area contributed by atoms with Crippen molar-refractivity contribution in [2.24, 2.45) is 9.98 Å². The number of aliphatic imine (C=N–C) groups is 2. The summed E-state index contributed by atoms with van der Waals surface area (Å²) in [6.45, 7) is 12.4. The van der Waals surface area contributed by atoms with Crippen molar-refractivity contribution in [1.29, 1.82) is 0 Å². The predicted molar refractivity (Wildman–Crippen MR) is 115 cm³/mol. The zero-order valence-electron chi connectivity index (χ0n) is 15.4. The van der Waals surface area contributed by atoms with Crippen LogP contribution in [0.15, 0.2) is 46.4 Å². The van der Waals surface area contributed by atoms with Gasteiger partial charge in [0.2, 0.25) is 0 Å². The topological polar surface area (TPSA) is 24.7 Å². The maximum atomic E-state index is 4.80. The summed E-state index contributed by atoms with van der Waals surface area (Å²) in [6, 6.07) is 12.5. The molecule has 5 heteroatoms. The van der Waals surface area contributed by atoms with Gasteiger partial charge in [0, 0.05) is 0 Å². The van der Waals surface area contributed by atoms with Gasteiger partial charge in [0.15, 0.2) is 0 Å². The van der Waals surface area contributed by atoms with Crippen LogP contribution < -0.4 is 0 Å². The van der Waals surface area contributed by atoms with E-state index in [2.05, 4.69) is 92.4 Å². The number of para-hydroxylation sites is 2. The van der Waals surface area contributed by atoms with Gasteiger partial charge in [-0.25, -0.2) is 0 Å². The monoisotopic (exact) mass is 509 g/mol. The number of nitrogens with zero attached hydrogens (tertiary/aromatic N) is 2. The van der Waals surface area contributed by atoms with Crippen molar-refractivity contribution in [2.75, 3.05) is 0 Å². The summed E-state index contributed by atoms with van der Waals surface area (Å²) in [5.74, 6) is 0. The SMILES string of the molecule is CC(=Nc1c(C)cccc1C)C(C)=Nc1c(C)cccc1C.[Br][Co][Br]. The van der Waals surface area contributed by atoms with Gasteiger partial charge < -0.3 is 0 Å². The molecule has 0 saturated carbocycles. The van der Waals surface area contributed by atoms with Crippen LogP contribution in [0.5, 0.6) is 0 Å². The van der Waals surface area contributed by atoms with Crippen molar-refractivity contribution in [2.45, 2.75) is 41.5 Å². The second kappa shape index (κ2) is 11.1. The molecule has 0 radical (unpaired) electrons. The molecule has 0 aliphatic carbocycles. The third kappa shape index (κ3) is 6.81. The number of hydrogen-bond donors (Lipinski definition) is 0. The van der Waals surface area contributed by atoms with Gasteiger partial charge in [-0.1, -0.05) is 36.4 Å². The summed E-state index contributed by atoms with van der Waals surface area (Å²) in [6.07, 6.45) is 0. The van der Waals surface area contributed by atoms with Crippen molar-refractivity contribution in [3.63, 3.8) is 0 Å². The zero-order valence-corrected chi connectivity index (χ0v) is 19.7. The molecule has 25 heavy (non-hydrogen) atoms. The Labute approximate surface area is 171 Å². The van der Waals surface area contributed by atoms with E-state index in [-0.39, 0.29) is 0 Å². The number of halogens is 2. The normalized spacial score (nSPS) is 12.0. The summed E-state index contributed by atoms with van der Waals surface area (Å²) >= 11 is 7.12. The molecule has 0 spiro atoms. The third-order valence-corrected chi connectivity index (χ3v) is 3.96. The van der Waals surface area contributed by atoms with E-state index in [9.17, 15) is 0 Å². The first-order chi connectivity index (χ1) is 11.8. The number of aryl methyl sites for hydroxylation is 4. The van der Waals surface area contributed by atoms with Gasteiger partial charge >= 0.3 is 39.5 Å². The van der Waals surface area contributed by atoms with Crippen molar-refractivity contribution in [3.05, 3.63) is 58.7 Å². The number of benzene rings is 2. The van der Waals surface area contributed by atoms with E-state index in [4.69, 9.17) is 9.98 Å². The van der Waals surface area contributed by atoms with E-state index in [1.165, 1.54) is 22.3 Å². The number of rotatable bonds is 3. The van der Waals surface area contributed by atoms with E-state index in [1.54, 1.807) is 0 Å². The van der Waals surface area contributed by atoms with Crippen molar-refractivity contribution >= 4 is 51.1 Å². The minimum atomic E-state index is 0.958. The molecule has 0 bridgehead atoms. The average Bonchev–Trinajstić information content (AvgIpc) is 2.55. The molecule has 0 aliphatic rings. The molecule has 0 saturated heterocycles. The molecule has 2 aromatic rings. The van der Waals surface area contributed by atoms with E-state index >= 15 is 0 Å². The van der Waals surface area contributed by atoms with E-state index in [0.29, 0.717) is 0 Å². The molecule has 137 valence electrons. The summed E-state index contributed by atoms with van der Waals surface area (Å²) in [4.78, 5) is 9.60. The van der Waals surface area contributed by atoms with Gasteiger partial charge in [0.05, 0.1) is 22.8 Å². The summed E-state index contributed by atoms with van der Waals surface area (Å²) in [7, 11) is 0. The summed E-state index contributed by atoms with van der Waals surface area (Å²) < 4.78 is 0. The molecular weight excluding hydrogens is 487 g/mol. The molecule has 2 aromatic carbocycles. The Bertz CT molecular complexity index is 677. The van der Waals surface area contributed by atoms with Crippen LogP contribution in [0.3, 0.4) is 0 Å². The Kier molecular flexibility index (Phi) is 9.86. The van der Waals surface area contributed by atoms with Gasteiger partial charge in [0.25, 0.3) is 0 Å². The quantitative estimate of drug-likeness (QED) is 0.382. The second-order valence-corrected chi connectivity index (χ2v) is 11.2. The van der Waals surface area contributed by atoms with Crippen LogP contribution in [0.2, 0.25) is 0 Å². The average molecular weight is 511 g/mol. The standard InChI is InChI=1S/C20H24N2.2BrH.Co/c1-13-9-7-10-14(2)19(13)21-17(5)18(6)22-20-15(3)11-8-12-16(20)4;;;/h7-12H,1-6H3;2*1H;/q;;;+2/p-2. The predicted octanol–water partition coefficient (Wildman–Crippen LogP) is 7.49. The van der Waals surface area contributed by atoms with Crippen molar-refractivity contribution in [3.8, 4) is 0 Å². The molecule has 2 nitrogen and oxygen atoms in total. The molecular formula is C20H24Br2CoN2. The van der Waals surface area contributed by atoms with E-state index in [0.717, 1.165) is 33.9 Å². The molecule has 0 atom stereocenters. The Morgan fingerprint density at radius 1 is 0.680 bits per heavy atom. The fourth-order valence-corrected chi connectivity index (χ4v) is 2.46. The van der Waals surface area contributed by atoms with Gasteiger partial charge in [0.1, 0.15) is 0 Å². The van der Waals surface area contributed by atoms with Gasteiger partial charge in [-0.05, 0) is 63.8 Å². The second-order valence-electron chi connectivity index (χ2n) is 5.92. The minimum absolute atomic E-state index is 0.958. The Morgan fingerprint density at radius 3 is 1.16 bits per heavy atom. The first-order valence-corrected chi connectivity index (χ1v) is 13.0. The van der Waals surface area contributed by atoms with E-state index in [1.807, 2.05) is 13.8 Å². The maximum absolute atomic E-state index is 4.80. The molecule has 0 aromatic heterocycles. The fourth-order valence-electron chi connectivity index (χ4n) is 2.46. The van der Waals surface area contributed by atoms with Crippen LogP contribution in [-0.4, -0.2) is 11.4 Å². The molecule has 0 N–H and O–H groups in total. The molecule has 0 amide bonds. The Hall–Kier alpha value is -0.754. The van der Waals surface area contributed by atoms with Gasteiger partial charge in [-0.2, -0.15) is 0 Å². The summed E-state index contributed by atoms with van der Waals surface area (Å²) in [5.41, 5.74) is 8.80. The van der Waals surface area contributed by atoms with Crippen LogP contribution in [-0.2, 0) is 11.1 Å². The molecule has 2 rings (SSSR count). The van der Waals surface area contributed by atoms with Crippen LogP contribution in [0, 0.1) is 27.7 Å². The Balaban J connectivity index is 0.000000970. The van der Waals surface area contributed by atoms with Crippen LogP contribution in [0.1, 0.15) is 36.1 Å². The van der Waals surface area contributed by atoms with Crippen LogP contribution in [0.25, 0.3) is 0 Å². The van der Waals surface area contributed by atoms with Crippen molar-refractivity contribution in [1.82, 2.24) is 0 Å². The van der Waals surface area contributed by atoms with Gasteiger partial charge in [-0.15, -0.1) is 0 Å². The van der Waals surface area contributed by atoms with Gasteiger partial charge in [-0.3, -0.25) is 9.98 Å². The molecule has 0 unspecified atom stereocenters. The zero-order chi connectivity index (χ0) is 19.0. The van der Waals surface area contributed by atoms with Crippen LogP contribution in [0.4, 0.5) is 11.4 Å². The fraction of sp³-hybridized carbons (Fsp3) is 0.300. The molecule has 0 fully saturated rings. The summed E-state index contributed by atoms with van der Waals surface area (Å²) in [5, 5.41) is 0. The van der Waals surface area contributed by atoms with Crippen LogP contribution >= 0.6 is 28.3 Å². The molecule has 0 heterocycles. The van der Waals surface area contributed by atoms with Crippen molar-refractivity contribution < 1.29 is 11.1 Å². The molecule has 0 aliphatic heterocycles. The Morgan fingerprint density at radius 2 is 0.920 bits per heavy atom. The third-order valence-electron chi connectivity index (χ3n) is 3.96.